The van der Waals surface area contributed by atoms with Crippen LogP contribution in [0.4, 0.5) is 11.4 Å². The molecule has 0 unspecified atom stereocenters. The van der Waals surface area contributed by atoms with Crippen LogP contribution in [-0.4, -0.2) is 31.4 Å². The molecule has 0 atom stereocenters. The summed E-state index contributed by atoms with van der Waals surface area (Å²) >= 11 is 0. The SMILES string of the molecule is COC(=O)CCc1ccc(N(Cc2ccc(Cc3c(-c4ccccc4)[nH]c4ccccc34)cc2)S(=O)(=O)c2ccccc2[N+](=O)[O-])cc1. The molecule has 242 valence electrons. The van der Waals surface area contributed by atoms with Crippen LogP contribution in [0.3, 0.4) is 0 Å². The maximum atomic E-state index is 14.1. The molecule has 1 heterocycles. The summed E-state index contributed by atoms with van der Waals surface area (Å²) in [4.78, 5) is 25.9. The third-order valence-corrected chi connectivity index (χ3v) is 10.1. The van der Waals surface area contributed by atoms with E-state index in [4.69, 9.17) is 4.74 Å². The average Bonchev–Trinajstić information content (AvgIpc) is 3.48. The Balaban J connectivity index is 1.32. The fourth-order valence-electron chi connectivity index (χ4n) is 5.80. The van der Waals surface area contributed by atoms with E-state index in [1.54, 1.807) is 24.3 Å². The van der Waals surface area contributed by atoms with Crippen LogP contribution in [0, 0.1) is 10.1 Å². The first-order chi connectivity index (χ1) is 23.2. The summed E-state index contributed by atoms with van der Waals surface area (Å²) in [5.74, 6) is -0.343. The highest BCUT2D eigenvalue weighted by Crippen LogP contribution is 2.34. The first-order valence-corrected chi connectivity index (χ1v) is 16.8. The van der Waals surface area contributed by atoms with Crippen molar-refractivity contribution < 1.29 is 22.9 Å². The van der Waals surface area contributed by atoms with Gasteiger partial charge in [0.2, 0.25) is 0 Å². The number of H-pyrrole nitrogens is 1. The number of benzene rings is 5. The van der Waals surface area contributed by atoms with E-state index < -0.39 is 25.5 Å². The number of nitrogens with one attached hydrogen (secondary N) is 1. The van der Waals surface area contributed by atoms with E-state index in [0.717, 1.165) is 38.9 Å². The van der Waals surface area contributed by atoms with Gasteiger partial charge in [-0.05, 0) is 58.5 Å². The second-order valence-corrected chi connectivity index (χ2v) is 13.2. The molecule has 6 rings (SSSR count). The quantitative estimate of drug-likeness (QED) is 0.0812. The number of aromatic nitrogens is 1. The Hall–Kier alpha value is -5.74. The molecule has 0 spiro atoms. The van der Waals surface area contributed by atoms with Crippen molar-refractivity contribution >= 4 is 38.3 Å². The first-order valence-electron chi connectivity index (χ1n) is 15.4. The van der Waals surface area contributed by atoms with Gasteiger partial charge in [0, 0.05) is 29.8 Å². The molecule has 0 bridgehead atoms. The minimum Gasteiger partial charge on any atom is -0.469 e. The molecule has 10 heteroatoms. The molecule has 0 amide bonds. The molecule has 6 aromatic rings. The molecule has 0 saturated heterocycles. The fraction of sp³-hybridized carbons (Fsp3) is 0.132. The number of methoxy groups -OCH3 is 1. The van der Waals surface area contributed by atoms with Crippen LogP contribution in [0.15, 0.2) is 132 Å². The Morgan fingerprint density at radius 2 is 1.42 bits per heavy atom. The number of para-hydroxylation sites is 2. The number of esters is 1. The number of nitro benzene ring substituents is 1. The number of carbonyl (C=O) groups is 1. The second kappa shape index (κ2) is 13.9. The number of sulfonamides is 1. The summed E-state index contributed by atoms with van der Waals surface area (Å²) in [6.07, 6.45) is 1.26. The molecule has 0 saturated carbocycles. The Labute approximate surface area is 278 Å². The molecule has 0 aliphatic carbocycles. The maximum absolute atomic E-state index is 14.1. The number of rotatable bonds is 12. The highest BCUT2D eigenvalue weighted by atomic mass is 32.2. The molecule has 0 aliphatic heterocycles. The van der Waals surface area contributed by atoms with Crippen molar-refractivity contribution in [2.45, 2.75) is 30.7 Å². The van der Waals surface area contributed by atoms with Crippen LogP contribution < -0.4 is 4.31 Å². The van der Waals surface area contributed by atoms with Crippen LogP contribution in [0.5, 0.6) is 0 Å². The van der Waals surface area contributed by atoms with Gasteiger partial charge < -0.3 is 9.72 Å². The molecule has 1 N–H and O–H groups in total. The minimum absolute atomic E-state index is 0.0570. The number of nitrogens with zero attached hydrogens (tertiary/aromatic N) is 2. The van der Waals surface area contributed by atoms with Crippen molar-refractivity contribution in [3.8, 4) is 11.3 Å². The number of hydrogen-bond donors (Lipinski definition) is 1. The van der Waals surface area contributed by atoms with E-state index in [1.807, 2.05) is 54.6 Å². The fourth-order valence-corrected chi connectivity index (χ4v) is 7.42. The third kappa shape index (κ3) is 6.84. The van der Waals surface area contributed by atoms with Crippen LogP contribution in [0.2, 0.25) is 0 Å². The normalized spacial score (nSPS) is 11.4. The van der Waals surface area contributed by atoms with Crippen molar-refractivity contribution in [3.63, 3.8) is 0 Å². The van der Waals surface area contributed by atoms with Crippen LogP contribution in [0.1, 0.15) is 28.7 Å². The largest absolute Gasteiger partial charge is 0.469 e. The number of anilines is 1. The van der Waals surface area contributed by atoms with Crippen molar-refractivity contribution in [3.05, 3.63) is 160 Å². The zero-order chi connectivity index (χ0) is 33.7. The van der Waals surface area contributed by atoms with Gasteiger partial charge in [0.1, 0.15) is 0 Å². The van der Waals surface area contributed by atoms with E-state index >= 15 is 0 Å². The third-order valence-electron chi connectivity index (χ3n) is 8.31. The van der Waals surface area contributed by atoms with Gasteiger partial charge in [-0.15, -0.1) is 0 Å². The molecular formula is C38H33N3O6S. The number of fused-ring (bicyclic) bond motifs is 1. The zero-order valence-corrected chi connectivity index (χ0v) is 27.0. The molecule has 5 aromatic carbocycles. The highest BCUT2D eigenvalue weighted by Gasteiger charge is 2.32. The van der Waals surface area contributed by atoms with E-state index in [9.17, 15) is 23.3 Å². The van der Waals surface area contributed by atoms with Gasteiger partial charge in [-0.25, -0.2) is 8.42 Å². The van der Waals surface area contributed by atoms with Crippen molar-refractivity contribution in [2.24, 2.45) is 0 Å². The topological polar surface area (TPSA) is 123 Å². The number of ether oxygens (including phenoxy) is 1. The van der Waals surface area contributed by atoms with Gasteiger partial charge in [0.15, 0.2) is 4.90 Å². The standard InChI is InChI=1S/C38H33N3O6S/c1-47-37(42)24-21-27-19-22-31(23-20-27)40(48(45,46)36-14-8-7-13-35(36)41(43)44)26-29-17-15-28(16-18-29)25-33-32-11-5-6-12-34(32)39-38(33)30-9-3-2-4-10-30/h2-20,22-23,39H,21,24-26H2,1H3. The van der Waals surface area contributed by atoms with Gasteiger partial charge in [-0.3, -0.25) is 19.2 Å². The first kappa shape index (κ1) is 32.2. The maximum Gasteiger partial charge on any atom is 0.305 e. The van der Waals surface area contributed by atoms with Crippen LogP contribution >= 0.6 is 0 Å². The van der Waals surface area contributed by atoms with Gasteiger partial charge in [-0.2, -0.15) is 0 Å². The molecule has 0 radical (unpaired) electrons. The number of carbonyl (C=O) groups excluding carboxylic acids is 1. The summed E-state index contributed by atoms with van der Waals surface area (Å²) < 4.78 is 34.2. The number of hydrogen-bond acceptors (Lipinski definition) is 6. The lowest BCUT2D eigenvalue weighted by atomic mass is 9.98. The van der Waals surface area contributed by atoms with Gasteiger partial charge in [-0.1, -0.05) is 97.1 Å². The molecule has 0 fully saturated rings. The summed E-state index contributed by atoms with van der Waals surface area (Å²) in [5.41, 5.74) is 6.77. The Kier molecular flexibility index (Phi) is 9.36. The molecule has 1 aromatic heterocycles. The van der Waals surface area contributed by atoms with Crippen LogP contribution in [-0.2, 0) is 38.9 Å². The van der Waals surface area contributed by atoms with E-state index in [1.165, 1.54) is 35.7 Å². The summed E-state index contributed by atoms with van der Waals surface area (Å²) in [5, 5.41) is 13.0. The van der Waals surface area contributed by atoms with Crippen molar-refractivity contribution in [1.29, 1.82) is 0 Å². The number of nitro groups is 1. The Bertz CT molecular complexity index is 2180. The summed E-state index contributed by atoms with van der Waals surface area (Å²) in [7, 11) is -3.04. The van der Waals surface area contributed by atoms with E-state index in [0.29, 0.717) is 24.1 Å². The van der Waals surface area contributed by atoms with Crippen molar-refractivity contribution in [2.75, 3.05) is 11.4 Å². The average molecular weight is 660 g/mol. The monoisotopic (exact) mass is 659 g/mol. The molecule has 48 heavy (non-hydrogen) atoms. The van der Waals surface area contributed by atoms with Gasteiger partial charge >= 0.3 is 5.97 Å². The molecule has 9 nitrogen and oxygen atoms in total. The van der Waals surface area contributed by atoms with E-state index in [-0.39, 0.29) is 18.9 Å². The predicted molar refractivity (Wildman–Crippen MR) is 186 cm³/mol. The Morgan fingerprint density at radius 1 is 0.792 bits per heavy atom. The number of aromatic amines is 1. The lowest BCUT2D eigenvalue weighted by Crippen LogP contribution is -2.31. The van der Waals surface area contributed by atoms with E-state index in [2.05, 4.69) is 29.2 Å². The lowest BCUT2D eigenvalue weighted by Gasteiger charge is -2.25. The van der Waals surface area contributed by atoms with Gasteiger partial charge in [0.05, 0.1) is 30.0 Å². The van der Waals surface area contributed by atoms with Crippen LogP contribution in [0.25, 0.3) is 22.2 Å². The zero-order valence-electron chi connectivity index (χ0n) is 26.2. The number of aryl methyl sites for hydroxylation is 1. The highest BCUT2D eigenvalue weighted by molar-refractivity contribution is 7.93. The predicted octanol–water partition coefficient (Wildman–Crippen LogP) is 7.84. The molecule has 0 aliphatic rings. The Morgan fingerprint density at radius 3 is 2.12 bits per heavy atom. The molecular weight excluding hydrogens is 627 g/mol. The summed E-state index contributed by atoms with van der Waals surface area (Å²) in [6.45, 7) is -0.0570. The lowest BCUT2D eigenvalue weighted by molar-refractivity contribution is -0.387. The minimum atomic E-state index is -4.37. The van der Waals surface area contributed by atoms with Crippen molar-refractivity contribution in [1.82, 2.24) is 4.98 Å². The van der Waals surface area contributed by atoms with Gasteiger partial charge in [0.25, 0.3) is 15.7 Å². The smallest absolute Gasteiger partial charge is 0.305 e. The summed E-state index contributed by atoms with van der Waals surface area (Å²) in [6, 6.07) is 38.2. The second-order valence-electron chi connectivity index (χ2n) is 11.4.